The van der Waals surface area contributed by atoms with E-state index >= 15 is 0 Å². The number of aromatic nitrogens is 2. The number of imidazole rings is 1. The maximum Gasteiger partial charge on any atom is 0.356 e. The maximum atomic E-state index is 13.3. The minimum absolute atomic E-state index is 0.00256. The number of aromatic amines is 1. The number of esters is 2. The van der Waals surface area contributed by atoms with Crippen molar-refractivity contribution in [3.05, 3.63) is 45.8 Å². The van der Waals surface area contributed by atoms with Crippen molar-refractivity contribution in [2.45, 2.75) is 82.4 Å². The highest BCUT2D eigenvalue weighted by atomic mass is 32.2. The summed E-state index contributed by atoms with van der Waals surface area (Å²) in [7, 11) is 3.30. The minimum atomic E-state index is -0.774. The van der Waals surface area contributed by atoms with Crippen LogP contribution in [-0.4, -0.2) is 53.4 Å². The van der Waals surface area contributed by atoms with Gasteiger partial charge in [-0.25, -0.2) is 14.6 Å². The van der Waals surface area contributed by atoms with Crippen molar-refractivity contribution in [1.82, 2.24) is 9.97 Å². The third kappa shape index (κ3) is 6.21. The van der Waals surface area contributed by atoms with E-state index in [1.165, 1.54) is 6.20 Å². The average Bonchev–Trinajstić information content (AvgIpc) is 3.63. The van der Waals surface area contributed by atoms with Crippen molar-refractivity contribution in [3.63, 3.8) is 0 Å². The molecule has 0 saturated heterocycles. The third-order valence-corrected chi connectivity index (χ3v) is 8.84. The van der Waals surface area contributed by atoms with Crippen molar-refractivity contribution in [3.8, 4) is 11.5 Å². The highest BCUT2D eigenvalue weighted by Gasteiger charge is 2.48. The molecule has 2 aliphatic rings. The summed E-state index contributed by atoms with van der Waals surface area (Å²) in [5, 5.41) is 11.5. The molecule has 0 bridgehead atoms. The van der Waals surface area contributed by atoms with Gasteiger partial charge in [0.15, 0.2) is 5.16 Å². The molecule has 2 N–H and O–H groups in total. The first-order chi connectivity index (χ1) is 18.7. The number of H-pyrrole nitrogens is 1. The van der Waals surface area contributed by atoms with Crippen molar-refractivity contribution in [1.29, 1.82) is 0 Å². The molecule has 1 aromatic carbocycles. The van der Waals surface area contributed by atoms with Gasteiger partial charge in [-0.15, -0.1) is 0 Å². The number of rotatable bonds is 11. The zero-order valence-electron chi connectivity index (χ0n) is 23.3. The molecular weight excluding hydrogens is 520 g/mol. The minimum Gasteiger partial charge on any atom is -0.511 e. The van der Waals surface area contributed by atoms with Gasteiger partial charge >= 0.3 is 11.9 Å². The van der Waals surface area contributed by atoms with Crippen LogP contribution in [0.15, 0.2) is 34.2 Å². The first kappa shape index (κ1) is 28.9. The van der Waals surface area contributed by atoms with Crippen molar-refractivity contribution in [2.75, 3.05) is 20.8 Å². The molecule has 2 unspecified atom stereocenters. The van der Waals surface area contributed by atoms with Crippen LogP contribution in [0.4, 0.5) is 0 Å². The Labute approximate surface area is 233 Å². The SMILES string of the molecule is CCOC(=O)c1cnc(SC2=C(O)CC(CCC(C)c3cc(C)c(OC)cc3OC)(C3CCCC3)OC2=O)[nH]1. The first-order valence-electron chi connectivity index (χ1n) is 13.5. The van der Waals surface area contributed by atoms with Crippen LogP contribution < -0.4 is 9.47 Å². The Morgan fingerprint density at radius 2 is 1.97 bits per heavy atom. The molecule has 0 amide bonds. The number of ether oxygens (including phenoxy) is 4. The van der Waals surface area contributed by atoms with Crippen LogP contribution >= 0.6 is 11.8 Å². The average molecular weight is 559 g/mol. The van der Waals surface area contributed by atoms with Gasteiger partial charge < -0.3 is 29.0 Å². The van der Waals surface area contributed by atoms with Gasteiger partial charge in [0, 0.05) is 12.5 Å². The van der Waals surface area contributed by atoms with E-state index in [0.717, 1.165) is 66.5 Å². The molecule has 0 radical (unpaired) electrons. The van der Waals surface area contributed by atoms with E-state index in [9.17, 15) is 14.7 Å². The molecule has 212 valence electrons. The van der Waals surface area contributed by atoms with E-state index in [1.54, 1.807) is 21.1 Å². The Morgan fingerprint density at radius 3 is 2.62 bits per heavy atom. The quantitative estimate of drug-likeness (QED) is 0.309. The molecule has 1 aliphatic heterocycles. The zero-order valence-corrected chi connectivity index (χ0v) is 24.1. The topological polar surface area (TPSA) is 120 Å². The van der Waals surface area contributed by atoms with Gasteiger partial charge in [-0.1, -0.05) is 19.8 Å². The number of nitrogens with zero attached hydrogens (tertiary/aromatic N) is 1. The molecule has 1 aliphatic carbocycles. The van der Waals surface area contributed by atoms with E-state index in [4.69, 9.17) is 18.9 Å². The number of thioether (sulfide) groups is 1. The summed E-state index contributed by atoms with van der Waals surface area (Å²) in [4.78, 5) is 32.4. The second-order valence-electron chi connectivity index (χ2n) is 10.3. The van der Waals surface area contributed by atoms with Crippen LogP contribution in [0.1, 0.15) is 86.3 Å². The number of methoxy groups -OCH3 is 2. The van der Waals surface area contributed by atoms with Crippen LogP contribution in [0.25, 0.3) is 0 Å². The Hall–Kier alpha value is -3.14. The van der Waals surface area contributed by atoms with E-state index in [2.05, 4.69) is 23.0 Å². The number of aryl methyl sites for hydroxylation is 1. The second kappa shape index (κ2) is 12.4. The van der Waals surface area contributed by atoms with E-state index in [1.807, 2.05) is 13.0 Å². The number of carbonyl (C=O) groups excluding carboxylic acids is 2. The lowest BCUT2D eigenvalue weighted by molar-refractivity contribution is -0.166. The number of nitrogens with one attached hydrogen (secondary N) is 1. The first-order valence-corrected chi connectivity index (χ1v) is 14.3. The molecule has 1 aromatic heterocycles. The number of aliphatic hydroxyl groups excluding tert-OH is 1. The lowest BCUT2D eigenvalue weighted by Crippen LogP contribution is -2.45. The summed E-state index contributed by atoms with van der Waals surface area (Å²) in [5.41, 5.74) is 1.51. The van der Waals surface area contributed by atoms with E-state index in [0.29, 0.717) is 11.6 Å². The number of aliphatic hydroxyl groups is 1. The fraction of sp³-hybridized carbons (Fsp3) is 0.552. The number of hydrogen-bond donors (Lipinski definition) is 2. The standard InChI is InChI=1S/C29H38N2O7S/c1-6-37-26(33)21-16-30-28(31-21)39-25-22(32)15-29(38-27(25)34,19-9-7-8-10-19)12-11-17(2)20-13-18(3)23(35-4)14-24(20)36-5/h13-14,16-17,19,32H,6-12,15H2,1-5H3,(H,30,31). The molecule has 0 spiro atoms. The summed E-state index contributed by atoms with van der Waals surface area (Å²) in [5.74, 6) is 0.770. The van der Waals surface area contributed by atoms with Crippen LogP contribution in [0.2, 0.25) is 0 Å². The Morgan fingerprint density at radius 1 is 1.26 bits per heavy atom. The molecule has 10 heteroatoms. The smallest absolute Gasteiger partial charge is 0.356 e. The Balaban J connectivity index is 1.54. The van der Waals surface area contributed by atoms with Crippen molar-refractivity contribution < 1.29 is 33.6 Å². The van der Waals surface area contributed by atoms with Gasteiger partial charge in [-0.05, 0) is 80.3 Å². The largest absolute Gasteiger partial charge is 0.511 e. The predicted molar refractivity (Wildman–Crippen MR) is 147 cm³/mol. The van der Waals surface area contributed by atoms with Crippen molar-refractivity contribution in [2.24, 2.45) is 5.92 Å². The van der Waals surface area contributed by atoms with Gasteiger partial charge in [0.1, 0.15) is 33.5 Å². The molecule has 1 fully saturated rings. The van der Waals surface area contributed by atoms with Gasteiger partial charge in [0.05, 0.1) is 27.0 Å². The van der Waals surface area contributed by atoms with Crippen LogP contribution in [-0.2, 0) is 14.3 Å². The summed E-state index contributed by atoms with van der Waals surface area (Å²) >= 11 is 0.964. The van der Waals surface area contributed by atoms with Gasteiger partial charge in [-0.2, -0.15) is 0 Å². The fourth-order valence-corrected chi connectivity index (χ4v) is 6.50. The summed E-state index contributed by atoms with van der Waals surface area (Å²) < 4.78 is 22.3. The molecule has 1 saturated carbocycles. The van der Waals surface area contributed by atoms with Gasteiger partial charge in [0.25, 0.3) is 0 Å². The zero-order chi connectivity index (χ0) is 28.2. The lowest BCUT2D eigenvalue weighted by Gasteiger charge is -2.42. The van der Waals surface area contributed by atoms with Crippen LogP contribution in [0.3, 0.4) is 0 Å². The number of carbonyl (C=O) groups is 2. The second-order valence-corrected chi connectivity index (χ2v) is 11.3. The molecule has 9 nitrogen and oxygen atoms in total. The normalized spacial score (nSPS) is 20.6. The summed E-state index contributed by atoms with van der Waals surface area (Å²) in [6.45, 7) is 6.11. The van der Waals surface area contributed by atoms with Crippen molar-refractivity contribution >= 4 is 23.7 Å². The maximum absolute atomic E-state index is 13.3. The highest BCUT2D eigenvalue weighted by Crippen LogP contribution is 2.49. The Kier molecular flexibility index (Phi) is 9.15. The summed E-state index contributed by atoms with van der Waals surface area (Å²) in [6.07, 6.45) is 7.07. The molecule has 2 heterocycles. The predicted octanol–water partition coefficient (Wildman–Crippen LogP) is 6.23. The number of cyclic esters (lactones) is 1. The molecule has 39 heavy (non-hydrogen) atoms. The molecule has 2 atom stereocenters. The fourth-order valence-electron chi connectivity index (χ4n) is 5.73. The molecule has 4 rings (SSSR count). The molecule has 2 aromatic rings. The van der Waals surface area contributed by atoms with E-state index in [-0.39, 0.29) is 41.2 Å². The third-order valence-electron chi connectivity index (χ3n) is 7.83. The van der Waals surface area contributed by atoms with E-state index < -0.39 is 17.5 Å². The van der Waals surface area contributed by atoms with Crippen LogP contribution in [0.5, 0.6) is 11.5 Å². The van der Waals surface area contributed by atoms with Crippen LogP contribution in [0, 0.1) is 12.8 Å². The summed E-state index contributed by atoms with van der Waals surface area (Å²) in [6, 6.07) is 4.01. The van der Waals surface area contributed by atoms with Gasteiger partial charge in [-0.3, -0.25) is 0 Å². The monoisotopic (exact) mass is 558 g/mol. The number of hydrogen-bond acceptors (Lipinski definition) is 9. The lowest BCUT2D eigenvalue weighted by atomic mass is 9.76. The van der Waals surface area contributed by atoms with Gasteiger partial charge in [0.2, 0.25) is 0 Å². The highest BCUT2D eigenvalue weighted by molar-refractivity contribution is 8.03. The molecular formula is C29H38N2O7S. The Bertz CT molecular complexity index is 1230. The number of benzene rings is 1.